The van der Waals surface area contributed by atoms with Crippen LogP contribution in [0, 0.1) is 11.3 Å². The van der Waals surface area contributed by atoms with Gasteiger partial charge in [-0.3, -0.25) is 4.79 Å². The predicted octanol–water partition coefficient (Wildman–Crippen LogP) is 2.47. The molecule has 0 unspecified atom stereocenters. The molecule has 0 spiro atoms. The van der Waals surface area contributed by atoms with E-state index < -0.39 is 0 Å². The maximum atomic E-state index is 12.5. The van der Waals surface area contributed by atoms with Gasteiger partial charge in [0.25, 0.3) is 5.91 Å². The maximum Gasteiger partial charge on any atom is 0.283 e. The Morgan fingerprint density at radius 3 is 2.96 bits per heavy atom. The quantitative estimate of drug-likeness (QED) is 0.734. The fraction of sp³-hybridized carbons (Fsp3) is 0.176. The topological polar surface area (TPSA) is 79.1 Å². The minimum Gasteiger partial charge on any atom is -0.487 e. The average molecular weight is 336 g/mol. The van der Waals surface area contributed by atoms with Crippen LogP contribution in [0.4, 0.5) is 0 Å². The van der Waals surface area contributed by atoms with Gasteiger partial charge in [0.15, 0.2) is 5.01 Å². The van der Waals surface area contributed by atoms with Crippen molar-refractivity contribution in [2.45, 2.75) is 6.10 Å². The first-order valence-corrected chi connectivity index (χ1v) is 8.22. The van der Waals surface area contributed by atoms with E-state index in [1.54, 1.807) is 17.0 Å². The number of para-hydroxylation sites is 1. The van der Waals surface area contributed by atoms with Crippen LogP contribution in [0.1, 0.15) is 15.5 Å². The molecule has 4 rings (SSSR count). The number of fused-ring (bicyclic) bond motifs is 1. The molecule has 0 N–H and O–H groups in total. The summed E-state index contributed by atoms with van der Waals surface area (Å²) in [6, 6.07) is 13.0. The molecule has 0 saturated carbocycles. The lowest BCUT2D eigenvalue weighted by molar-refractivity contribution is 0.0177. The Labute approximate surface area is 141 Å². The number of benzene rings is 1. The van der Waals surface area contributed by atoms with Crippen LogP contribution in [0.3, 0.4) is 0 Å². The second kappa shape index (κ2) is 5.91. The molecule has 3 heterocycles. The highest BCUT2D eigenvalue weighted by molar-refractivity contribution is 7.20. The van der Waals surface area contributed by atoms with Crippen LogP contribution >= 0.6 is 11.3 Å². The molecule has 1 aliphatic heterocycles. The number of carbonyl (C=O) groups excluding carboxylic acids is 1. The lowest BCUT2D eigenvalue weighted by Crippen LogP contribution is -2.56. The number of hydrogen-bond donors (Lipinski definition) is 0. The highest BCUT2D eigenvalue weighted by Crippen LogP contribution is 2.25. The minimum absolute atomic E-state index is 0.0662. The fourth-order valence-electron chi connectivity index (χ4n) is 2.52. The van der Waals surface area contributed by atoms with E-state index in [4.69, 9.17) is 10.00 Å². The maximum absolute atomic E-state index is 12.5. The Hall–Kier alpha value is -2.98. The number of hydrogen-bond acceptors (Lipinski definition) is 6. The summed E-state index contributed by atoms with van der Waals surface area (Å²) in [6.07, 6.45) is 1.47. The first-order valence-electron chi connectivity index (χ1n) is 7.40. The van der Waals surface area contributed by atoms with E-state index in [0.29, 0.717) is 29.5 Å². The van der Waals surface area contributed by atoms with Crippen LogP contribution in [-0.4, -0.2) is 40.0 Å². The second-order valence-corrected chi connectivity index (χ2v) is 6.46. The number of aromatic nitrogens is 2. The molecule has 0 atom stereocenters. The summed E-state index contributed by atoms with van der Waals surface area (Å²) in [6.45, 7) is 1.03. The molecule has 6 nitrogen and oxygen atoms in total. The Kier molecular flexibility index (Phi) is 3.59. The highest BCUT2D eigenvalue weighted by atomic mass is 32.1. The second-order valence-electron chi connectivity index (χ2n) is 5.43. The Morgan fingerprint density at radius 2 is 2.17 bits per heavy atom. The van der Waals surface area contributed by atoms with E-state index in [1.165, 1.54) is 17.5 Å². The molecule has 0 bridgehead atoms. The highest BCUT2D eigenvalue weighted by Gasteiger charge is 2.34. The summed E-state index contributed by atoms with van der Waals surface area (Å²) in [4.78, 5) is 22.5. The molecular weight excluding hydrogens is 324 g/mol. The van der Waals surface area contributed by atoms with Gasteiger partial charge in [0.2, 0.25) is 0 Å². The molecule has 118 valence electrons. The summed E-state index contributed by atoms with van der Waals surface area (Å²) in [5.41, 5.74) is 1.16. The molecule has 1 aromatic carbocycles. The molecular formula is C17H12N4O2S. The van der Waals surface area contributed by atoms with Gasteiger partial charge in [-0.2, -0.15) is 5.26 Å². The van der Waals surface area contributed by atoms with Crippen LogP contribution in [0.15, 0.2) is 42.6 Å². The van der Waals surface area contributed by atoms with Gasteiger partial charge in [-0.1, -0.05) is 12.1 Å². The van der Waals surface area contributed by atoms with Crippen molar-refractivity contribution in [3.05, 3.63) is 53.3 Å². The SMILES string of the molecule is N#Cc1cc(OC2CN(C(=O)c3nc4ccccc4s3)C2)ccn1. The molecule has 1 aliphatic rings. The summed E-state index contributed by atoms with van der Waals surface area (Å²) >= 11 is 1.41. The smallest absolute Gasteiger partial charge is 0.283 e. The number of carbonyl (C=O) groups is 1. The number of thiazole rings is 1. The van der Waals surface area contributed by atoms with Crippen molar-refractivity contribution in [3.8, 4) is 11.8 Å². The number of nitrogens with zero attached hydrogens (tertiary/aromatic N) is 4. The molecule has 1 amide bonds. The average Bonchev–Trinajstić information content (AvgIpc) is 3.01. The van der Waals surface area contributed by atoms with E-state index in [1.807, 2.05) is 30.3 Å². The molecule has 1 saturated heterocycles. The van der Waals surface area contributed by atoms with E-state index in [9.17, 15) is 4.79 Å². The van der Waals surface area contributed by atoms with E-state index in [-0.39, 0.29) is 12.0 Å². The van der Waals surface area contributed by atoms with Gasteiger partial charge in [-0.05, 0) is 18.2 Å². The third kappa shape index (κ3) is 2.68. The van der Waals surface area contributed by atoms with Gasteiger partial charge in [0.1, 0.15) is 23.6 Å². The van der Waals surface area contributed by atoms with Gasteiger partial charge in [-0.15, -0.1) is 11.3 Å². The monoisotopic (exact) mass is 336 g/mol. The van der Waals surface area contributed by atoms with Gasteiger partial charge in [0, 0.05) is 12.3 Å². The van der Waals surface area contributed by atoms with Crippen molar-refractivity contribution >= 4 is 27.5 Å². The van der Waals surface area contributed by atoms with E-state index in [0.717, 1.165) is 10.2 Å². The molecule has 0 aliphatic carbocycles. The number of likely N-dealkylation sites (tertiary alicyclic amines) is 1. The van der Waals surface area contributed by atoms with Crippen molar-refractivity contribution in [3.63, 3.8) is 0 Å². The fourth-order valence-corrected chi connectivity index (χ4v) is 3.45. The van der Waals surface area contributed by atoms with E-state index in [2.05, 4.69) is 9.97 Å². The third-order valence-corrected chi connectivity index (χ3v) is 4.79. The zero-order valence-electron chi connectivity index (χ0n) is 12.5. The van der Waals surface area contributed by atoms with Crippen molar-refractivity contribution in [2.75, 3.05) is 13.1 Å². The normalized spacial score (nSPS) is 14.2. The van der Waals surface area contributed by atoms with Crippen molar-refractivity contribution in [1.82, 2.24) is 14.9 Å². The zero-order chi connectivity index (χ0) is 16.5. The summed E-state index contributed by atoms with van der Waals surface area (Å²) < 4.78 is 6.78. The van der Waals surface area contributed by atoms with Crippen LogP contribution in [-0.2, 0) is 0 Å². The standard InChI is InChI=1S/C17H12N4O2S/c18-8-11-7-12(5-6-19-11)23-13-9-21(10-13)17(22)16-20-14-3-1-2-4-15(14)24-16/h1-7,13H,9-10H2. The molecule has 24 heavy (non-hydrogen) atoms. The van der Waals surface area contributed by atoms with Gasteiger partial charge in [0.05, 0.1) is 23.3 Å². The summed E-state index contributed by atoms with van der Waals surface area (Å²) in [5.74, 6) is 0.530. The number of nitriles is 1. The van der Waals surface area contributed by atoms with Crippen molar-refractivity contribution in [2.24, 2.45) is 0 Å². The lowest BCUT2D eigenvalue weighted by Gasteiger charge is -2.38. The number of rotatable bonds is 3. The summed E-state index contributed by atoms with van der Waals surface area (Å²) in [5, 5.41) is 9.35. The number of ether oxygens (including phenoxy) is 1. The Bertz CT molecular complexity index is 923. The summed E-state index contributed by atoms with van der Waals surface area (Å²) in [7, 11) is 0. The van der Waals surface area contributed by atoms with Crippen LogP contribution in [0.5, 0.6) is 5.75 Å². The Morgan fingerprint density at radius 1 is 1.33 bits per heavy atom. The van der Waals surface area contributed by atoms with Gasteiger partial charge in [-0.25, -0.2) is 9.97 Å². The van der Waals surface area contributed by atoms with Crippen molar-refractivity contribution < 1.29 is 9.53 Å². The van der Waals surface area contributed by atoms with Crippen LogP contribution < -0.4 is 4.74 Å². The first kappa shape index (κ1) is 14.6. The number of pyridine rings is 1. The van der Waals surface area contributed by atoms with Crippen LogP contribution in [0.25, 0.3) is 10.2 Å². The largest absolute Gasteiger partial charge is 0.487 e. The van der Waals surface area contributed by atoms with E-state index >= 15 is 0 Å². The molecule has 2 aromatic heterocycles. The van der Waals surface area contributed by atoms with Gasteiger partial charge < -0.3 is 9.64 Å². The lowest BCUT2D eigenvalue weighted by atomic mass is 10.1. The minimum atomic E-state index is -0.0720. The molecule has 3 aromatic rings. The molecule has 0 radical (unpaired) electrons. The first-order chi connectivity index (χ1) is 11.7. The van der Waals surface area contributed by atoms with Crippen molar-refractivity contribution in [1.29, 1.82) is 5.26 Å². The van der Waals surface area contributed by atoms with Crippen LogP contribution in [0.2, 0.25) is 0 Å². The molecule has 7 heteroatoms. The van der Waals surface area contributed by atoms with Gasteiger partial charge >= 0.3 is 0 Å². The Balaban J connectivity index is 1.40. The third-order valence-electron chi connectivity index (χ3n) is 3.76. The zero-order valence-corrected chi connectivity index (χ0v) is 13.4. The predicted molar refractivity (Wildman–Crippen MR) is 88.9 cm³/mol. The number of amides is 1. The molecule has 1 fully saturated rings.